The number of aromatic nitrogens is 2. The van der Waals surface area contributed by atoms with Crippen molar-refractivity contribution in [3.8, 4) is 0 Å². The smallest absolute Gasteiger partial charge is 0.292 e. The number of halogens is 1. The lowest BCUT2D eigenvalue weighted by molar-refractivity contribution is 0.0996. The van der Waals surface area contributed by atoms with Gasteiger partial charge in [0.2, 0.25) is 0 Å². The van der Waals surface area contributed by atoms with E-state index in [0.717, 1.165) is 10.4 Å². The molecular weight excluding hydrogens is 386 g/mol. The van der Waals surface area contributed by atoms with Gasteiger partial charge in [0, 0.05) is 22.0 Å². The van der Waals surface area contributed by atoms with Gasteiger partial charge in [0.05, 0.1) is 18.1 Å². The van der Waals surface area contributed by atoms with Crippen LogP contribution in [0.1, 0.15) is 21.0 Å². The Morgan fingerprint density at radius 1 is 1.33 bits per heavy atom. The van der Waals surface area contributed by atoms with E-state index < -0.39 is 5.91 Å². The maximum absolute atomic E-state index is 12.6. The Morgan fingerprint density at radius 2 is 2.19 bits per heavy atom. The Kier molecular flexibility index (Phi) is 4.55. The first-order valence-electron chi connectivity index (χ1n) is 8.11. The number of amides is 1. The van der Waals surface area contributed by atoms with E-state index in [-0.39, 0.29) is 11.2 Å². The molecule has 0 aliphatic heterocycles. The number of nitrogens with one attached hydrogen (secondary N) is 1. The molecule has 0 fully saturated rings. The number of rotatable bonds is 4. The van der Waals surface area contributed by atoms with Crippen molar-refractivity contribution in [2.75, 3.05) is 5.32 Å². The van der Waals surface area contributed by atoms with Gasteiger partial charge in [-0.05, 0) is 36.1 Å². The number of benzene rings is 1. The summed E-state index contributed by atoms with van der Waals surface area (Å²) in [5.74, 6) is -0.0731. The van der Waals surface area contributed by atoms with Crippen LogP contribution in [0.2, 0.25) is 5.02 Å². The molecule has 0 atom stereocenters. The van der Waals surface area contributed by atoms with Gasteiger partial charge in [-0.3, -0.25) is 9.59 Å². The first-order chi connectivity index (χ1) is 13.0. The summed E-state index contributed by atoms with van der Waals surface area (Å²) in [7, 11) is 0. The first kappa shape index (κ1) is 17.5. The normalized spacial score (nSPS) is 11.0. The number of nitrogens with zero attached hydrogens (tertiary/aromatic N) is 2. The van der Waals surface area contributed by atoms with Crippen LogP contribution in [-0.2, 0) is 6.54 Å². The lowest BCUT2D eigenvalue weighted by Gasteiger charge is -2.08. The maximum Gasteiger partial charge on any atom is 0.292 e. The molecule has 0 saturated heterocycles. The summed E-state index contributed by atoms with van der Waals surface area (Å²) in [6.45, 7) is 2.34. The van der Waals surface area contributed by atoms with E-state index in [2.05, 4.69) is 10.4 Å². The van der Waals surface area contributed by atoms with E-state index in [1.54, 1.807) is 47.3 Å². The molecule has 3 aromatic heterocycles. The van der Waals surface area contributed by atoms with Crippen molar-refractivity contribution in [1.82, 2.24) is 9.78 Å². The standard InChI is InChI=1S/C19H14ClN3O3S/c1-11-7-16-13(8-14(11)20)15(24)9-17(26-16)19(25)22-18-4-5-21-23(18)10-12-3-2-6-27-12/h2-9H,10H2,1H3,(H,22,25). The molecule has 8 heteroatoms. The molecule has 1 aromatic carbocycles. The summed E-state index contributed by atoms with van der Waals surface area (Å²) in [5, 5.41) is 9.77. The minimum atomic E-state index is -0.519. The predicted molar refractivity (Wildman–Crippen MR) is 106 cm³/mol. The highest BCUT2D eigenvalue weighted by molar-refractivity contribution is 7.09. The molecule has 0 radical (unpaired) electrons. The number of hydrogen-bond donors (Lipinski definition) is 1. The van der Waals surface area contributed by atoms with Crippen molar-refractivity contribution in [2.24, 2.45) is 0 Å². The summed E-state index contributed by atoms with van der Waals surface area (Å²) >= 11 is 7.67. The van der Waals surface area contributed by atoms with Crippen LogP contribution < -0.4 is 10.7 Å². The van der Waals surface area contributed by atoms with Gasteiger partial charge >= 0.3 is 0 Å². The van der Waals surface area contributed by atoms with Crippen LogP contribution in [0, 0.1) is 6.92 Å². The Balaban J connectivity index is 1.63. The zero-order valence-electron chi connectivity index (χ0n) is 14.2. The van der Waals surface area contributed by atoms with E-state index in [4.69, 9.17) is 16.0 Å². The van der Waals surface area contributed by atoms with Crippen LogP contribution in [-0.4, -0.2) is 15.7 Å². The molecule has 0 aliphatic rings. The third-order valence-corrected chi connectivity index (χ3v) is 5.34. The number of anilines is 1. The number of hydrogen-bond acceptors (Lipinski definition) is 5. The van der Waals surface area contributed by atoms with Gasteiger partial charge in [-0.2, -0.15) is 5.10 Å². The lowest BCUT2D eigenvalue weighted by atomic mass is 10.1. The average molecular weight is 400 g/mol. The van der Waals surface area contributed by atoms with Gasteiger partial charge in [0.25, 0.3) is 5.91 Å². The van der Waals surface area contributed by atoms with Crippen LogP contribution >= 0.6 is 22.9 Å². The monoisotopic (exact) mass is 399 g/mol. The number of carbonyl (C=O) groups excluding carboxylic acids is 1. The van der Waals surface area contributed by atoms with Crippen LogP contribution in [0.4, 0.5) is 5.82 Å². The molecule has 0 aliphatic carbocycles. The molecular formula is C19H14ClN3O3S. The summed E-state index contributed by atoms with van der Waals surface area (Å²) in [6.07, 6.45) is 1.60. The van der Waals surface area contributed by atoms with Crippen LogP contribution in [0.5, 0.6) is 0 Å². The van der Waals surface area contributed by atoms with Crippen LogP contribution in [0.3, 0.4) is 0 Å². The molecule has 4 aromatic rings. The summed E-state index contributed by atoms with van der Waals surface area (Å²) in [4.78, 5) is 26.0. The molecule has 27 heavy (non-hydrogen) atoms. The highest BCUT2D eigenvalue weighted by Gasteiger charge is 2.16. The SMILES string of the molecule is Cc1cc2oc(C(=O)Nc3ccnn3Cc3cccs3)cc(=O)c2cc1Cl. The third-order valence-electron chi connectivity index (χ3n) is 4.08. The largest absolute Gasteiger partial charge is 0.451 e. The fraction of sp³-hybridized carbons (Fsp3) is 0.105. The summed E-state index contributed by atoms with van der Waals surface area (Å²) in [6, 6.07) is 10.0. The zero-order valence-corrected chi connectivity index (χ0v) is 15.8. The lowest BCUT2D eigenvalue weighted by Crippen LogP contribution is -2.18. The molecule has 4 rings (SSSR count). The second kappa shape index (κ2) is 7.02. The first-order valence-corrected chi connectivity index (χ1v) is 9.36. The van der Waals surface area contributed by atoms with Crippen molar-refractivity contribution in [3.05, 3.63) is 79.4 Å². The van der Waals surface area contributed by atoms with Gasteiger partial charge < -0.3 is 9.73 Å². The van der Waals surface area contributed by atoms with Gasteiger partial charge in [0.15, 0.2) is 11.2 Å². The minimum Gasteiger partial charge on any atom is -0.451 e. The zero-order chi connectivity index (χ0) is 19.0. The van der Waals surface area contributed by atoms with Crippen LogP contribution in [0.15, 0.2) is 57.2 Å². The molecule has 1 amide bonds. The number of fused-ring (bicyclic) bond motifs is 1. The Labute approximate surface area is 163 Å². The Bertz CT molecular complexity index is 1190. The van der Waals surface area contributed by atoms with Crippen molar-refractivity contribution >= 4 is 45.6 Å². The highest BCUT2D eigenvalue weighted by atomic mass is 35.5. The van der Waals surface area contributed by atoms with Gasteiger partial charge in [-0.1, -0.05) is 17.7 Å². The molecule has 0 bridgehead atoms. The van der Waals surface area contributed by atoms with Gasteiger partial charge in [-0.15, -0.1) is 11.3 Å². The third kappa shape index (κ3) is 3.51. The molecule has 3 heterocycles. The summed E-state index contributed by atoms with van der Waals surface area (Å²) < 4.78 is 7.31. The second-order valence-corrected chi connectivity index (χ2v) is 7.42. The quantitative estimate of drug-likeness (QED) is 0.554. The molecule has 6 nitrogen and oxygen atoms in total. The van der Waals surface area contributed by atoms with Crippen LogP contribution in [0.25, 0.3) is 11.0 Å². The molecule has 0 spiro atoms. The van der Waals surface area contributed by atoms with Crippen molar-refractivity contribution in [1.29, 1.82) is 0 Å². The number of carbonyl (C=O) groups is 1. The average Bonchev–Trinajstić information content (AvgIpc) is 3.29. The fourth-order valence-electron chi connectivity index (χ4n) is 2.68. The van der Waals surface area contributed by atoms with Gasteiger partial charge in [-0.25, -0.2) is 4.68 Å². The Hall–Kier alpha value is -2.90. The van der Waals surface area contributed by atoms with Crippen molar-refractivity contribution < 1.29 is 9.21 Å². The summed E-state index contributed by atoms with van der Waals surface area (Å²) in [5.41, 5.74) is 0.760. The predicted octanol–water partition coefficient (Wildman–Crippen LogP) is 4.31. The van der Waals surface area contributed by atoms with E-state index in [0.29, 0.717) is 28.4 Å². The van der Waals surface area contributed by atoms with Crippen molar-refractivity contribution in [3.63, 3.8) is 0 Å². The maximum atomic E-state index is 12.6. The van der Waals surface area contributed by atoms with E-state index in [1.165, 1.54) is 6.07 Å². The highest BCUT2D eigenvalue weighted by Crippen LogP contribution is 2.22. The topological polar surface area (TPSA) is 77.1 Å². The Morgan fingerprint density at radius 3 is 2.96 bits per heavy atom. The van der Waals surface area contributed by atoms with Gasteiger partial charge in [0.1, 0.15) is 11.4 Å². The van der Waals surface area contributed by atoms with E-state index >= 15 is 0 Å². The molecule has 1 N–H and O–H groups in total. The fourth-order valence-corrected chi connectivity index (χ4v) is 3.53. The second-order valence-electron chi connectivity index (χ2n) is 5.98. The van der Waals surface area contributed by atoms with E-state index in [1.807, 2.05) is 17.5 Å². The molecule has 136 valence electrons. The van der Waals surface area contributed by atoms with E-state index in [9.17, 15) is 9.59 Å². The number of aryl methyl sites for hydroxylation is 1. The minimum absolute atomic E-state index is 0.0712. The molecule has 0 unspecified atom stereocenters. The van der Waals surface area contributed by atoms with Crippen molar-refractivity contribution in [2.45, 2.75) is 13.5 Å². The molecule has 0 saturated carbocycles. The number of thiophene rings is 1.